The average Bonchev–Trinajstić information content (AvgIpc) is 2.64. The molecule has 0 aromatic rings. The van der Waals surface area contributed by atoms with E-state index in [1.807, 2.05) is 0 Å². The Balaban J connectivity index is 0.000000133. The molecule has 0 unspecified atom stereocenters. The van der Waals surface area contributed by atoms with Crippen LogP contribution in [-0.4, -0.2) is 0 Å². The molecule has 4 saturated carbocycles. The van der Waals surface area contributed by atoms with Crippen LogP contribution in [0.1, 0.15) is 116 Å². The third-order valence-electron chi connectivity index (χ3n) is 7.43. The minimum absolute atomic E-state index is 1.14. The molecule has 4 aliphatic rings. The zero-order valence-electron chi connectivity index (χ0n) is 15.0. The van der Waals surface area contributed by atoms with Crippen molar-refractivity contribution in [3.63, 3.8) is 0 Å². The zero-order valence-corrected chi connectivity index (χ0v) is 15.0. The van der Waals surface area contributed by atoms with E-state index in [4.69, 9.17) is 0 Å². The molecule has 4 aliphatic carbocycles. The van der Waals surface area contributed by atoms with Gasteiger partial charge >= 0.3 is 0 Å². The molecule has 0 aliphatic heterocycles. The van der Waals surface area contributed by atoms with Gasteiger partial charge in [-0.3, -0.25) is 0 Å². The molecule has 0 radical (unpaired) electrons. The van der Waals surface area contributed by atoms with Crippen LogP contribution < -0.4 is 0 Å². The highest BCUT2D eigenvalue weighted by Gasteiger charge is 2.27. The Morgan fingerprint density at radius 1 is 0.227 bits per heavy atom. The summed E-state index contributed by atoms with van der Waals surface area (Å²) in [5, 5.41) is 0. The van der Waals surface area contributed by atoms with Crippen LogP contribution in [-0.2, 0) is 0 Å². The van der Waals surface area contributed by atoms with Gasteiger partial charge in [-0.1, -0.05) is 116 Å². The van der Waals surface area contributed by atoms with Crippen molar-refractivity contribution in [2.24, 2.45) is 23.7 Å². The molecular weight excluding hydrogens is 264 g/mol. The normalized spacial score (nSPS) is 34.4. The van der Waals surface area contributed by atoms with Gasteiger partial charge in [0.2, 0.25) is 0 Å². The summed E-state index contributed by atoms with van der Waals surface area (Å²) in [5.74, 6) is 4.59. The van der Waals surface area contributed by atoms with Crippen molar-refractivity contribution in [3.05, 3.63) is 0 Å². The van der Waals surface area contributed by atoms with Crippen LogP contribution in [0.3, 0.4) is 0 Å². The standard InChI is InChI=1S/C12H22.C10H18/c1-3-7-11(8-4-1)12-9-5-2-6-10-12;1-2-6-10-8-4-3-7-9(10)5-1/h11-12H,1-10H2;9-10H,1-8H2. The minimum atomic E-state index is 1.14. The van der Waals surface area contributed by atoms with Crippen LogP contribution in [0.2, 0.25) is 0 Å². The molecule has 4 rings (SSSR count). The van der Waals surface area contributed by atoms with Crippen molar-refractivity contribution in [2.75, 3.05) is 0 Å². The van der Waals surface area contributed by atoms with Crippen molar-refractivity contribution < 1.29 is 0 Å². The lowest BCUT2D eigenvalue weighted by molar-refractivity contribution is 0.171. The van der Waals surface area contributed by atoms with Gasteiger partial charge in [0.15, 0.2) is 0 Å². The van der Waals surface area contributed by atoms with E-state index in [1.165, 1.54) is 64.2 Å². The SMILES string of the molecule is C1CCC(C2CCCCC2)CC1.C1CCC2CCCCC2C1. The highest BCUT2D eigenvalue weighted by atomic mass is 14.3. The van der Waals surface area contributed by atoms with Gasteiger partial charge in [0.05, 0.1) is 0 Å². The smallest absolute Gasteiger partial charge is 0.0386 e. The van der Waals surface area contributed by atoms with Crippen LogP contribution in [0.4, 0.5) is 0 Å². The molecule has 0 aromatic heterocycles. The molecule has 0 amide bonds. The van der Waals surface area contributed by atoms with Crippen LogP contribution in [0.5, 0.6) is 0 Å². The Morgan fingerprint density at radius 2 is 0.409 bits per heavy atom. The molecule has 22 heavy (non-hydrogen) atoms. The van der Waals surface area contributed by atoms with Crippen LogP contribution >= 0.6 is 0 Å². The molecule has 0 aromatic carbocycles. The maximum atomic E-state index is 1.56. The van der Waals surface area contributed by atoms with E-state index in [0.717, 1.165) is 23.7 Å². The Morgan fingerprint density at radius 3 is 0.636 bits per heavy atom. The van der Waals surface area contributed by atoms with E-state index >= 15 is 0 Å². The maximum Gasteiger partial charge on any atom is -0.0386 e. The van der Waals surface area contributed by atoms with E-state index in [9.17, 15) is 0 Å². The lowest BCUT2D eigenvalue weighted by Crippen LogP contribution is -2.22. The first kappa shape index (κ1) is 16.8. The second-order valence-electron chi connectivity index (χ2n) is 8.89. The molecule has 0 bridgehead atoms. The zero-order chi connectivity index (χ0) is 15.0. The molecule has 0 heterocycles. The van der Waals surface area contributed by atoms with Crippen LogP contribution in [0.25, 0.3) is 0 Å². The van der Waals surface area contributed by atoms with E-state index in [-0.39, 0.29) is 0 Å². The molecule has 0 N–H and O–H groups in total. The highest BCUT2D eigenvalue weighted by molar-refractivity contribution is 4.79. The molecule has 0 saturated heterocycles. The van der Waals surface area contributed by atoms with Crippen molar-refractivity contribution in [1.29, 1.82) is 0 Å². The molecular formula is C22H40. The first-order valence-electron chi connectivity index (χ1n) is 10.9. The summed E-state index contributed by atoms with van der Waals surface area (Å²) < 4.78 is 0. The Labute approximate surface area is 139 Å². The van der Waals surface area contributed by atoms with E-state index in [1.54, 1.807) is 51.4 Å². The summed E-state index contributed by atoms with van der Waals surface area (Å²) in [7, 11) is 0. The molecule has 4 fully saturated rings. The molecule has 0 nitrogen and oxygen atoms in total. The van der Waals surface area contributed by atoms with E-state index in [2.05, 4.69) is 0 Å². The number of hydrogen-bond acceptors (Lipinski definition) is 0. The first-order chi connectivity index (χ1) is 10.9. The monoisotopic (exact) mass is 304 g/mol. The topological polar surface area (TPSA) is 0 Å². The molecule has 0 atom stereocenters. The predicted octanol–water partition coefficient (Wildman–Crippen LogP) is 7.51. The Bertz CT molecular complexity index is 240. The summed E-state index contributed by atoms with van der Waals surface area (Å²) in [5.41, 5.74) is 0. The van der Waals surface area contributed by atoms with Gasteiger partial charge in [-0.05, 0) is 23.7 Å². The van der Waals surface area contributed by atoms with Gasteiger partial charge in [-0.2, -0.15) is 0 Å². The van der Waals surface area contributed by atoms with Gasteiger partial charge < -0.3 is 0 Å². The molecule has 128 valence electrons. The summed E-state index contributed by atoms with van der Waals surface area (Å²) in [6.45, 7) is 0. The molecule has 0 heteroatoms. The van der Waals surface area contributed by atoms with E-state index < -0.39 is 0 Å². The number of hydrogen-bond donors (Lipinski definition) is 0. The quantitative estimate of drug-likeness (QED) is 0.470. The second-order valence-corrected chi connectivity index (χ2v) is 8.89. The Hall–Kier alpha value is 0. The van der Waals surface area contributed by atoms with Crippen molar-refractivity contribution >= 4 is 0 Å². The van der Waals surface area contributed by atoms with Crippen LogP contribution in [0, 0.1) is 23.7 Å². The van der Waals surface area contributed by atoms with Crippen LogP contribution in [0.15, 0.2) is 0 Å². The summed E-state index contributed by atoms with van der Waals surface area (Å²) in [6, 6.07) is 0. The van der Waals surface area contributed by atoms with Gasteiger partial charge in [-0.25, -0.2) is 0 Å². The summed E-state index contributed by atoms with van der Waals surface area (Å²) >= 11 is 0. The third kappa shape index (κ3) is 5.00. The van der Waals surface area contributed by atoms with Gasteiger partial charge in [0.1, 0.15) is 0 Å². The average molecular weight is 305 g/mol. The summed E-state index contributed by atoms with van der Waals surface area (Å²) in [6.07, 6.45) is 27.7. The fourth-order valence-electron chi connectivity index (χ4n) is 6.07. The van der Waals surface area contributed by atoms with Gasteiger partial charge in [0, 0.05) is 0 Å². The Kier molecular flexibility index (Phi) is 7.15. The molecule has 0 spiro atoms. The summed E-state index contributed by atoms with van der Waals surface area (Å²) in [4.78, 5) is 0. The lowest BCUT2D eigenvalue weighted by atomic mass is 9.71. The third-order valence-corrected chi connectivity index (χ3v) is 7.43. The van der Waals surface area contributed by atoms with Crippen molar-refractivity contribution in [1.82, 2.24) is 0 Å². The fourth-order valence-corrected chi connectivity index (χ4v) is 6.07. The van der Waals surface area contributed by atoms with E-state index in [0.29, 0.717) is 0 Å². The number of rotatable bonds is 1. The first-order valence-corrected chi connectivity index (χ1v) is 10.9. The largest absolute Gasteiger partial charge is 0.0533 e. The van der Waals surface area contributed by atoms with Gasteiger partial charge in [-0.15, -0.1) is 0 Å². The lowest BCUT2D eigenvalue weighted by Gasteiger charge is -2.35. The maximum absolute atomic E-state index is 1.56. The minimum Gasteiger partial charge on any atom is -0.0533 e. The highest BCUT2D eigenvalue weighted by Crippen LogP contribution is 2.40. The van der Waals surface area contributed by atoms with Crippen molar-refractivity contribution in [3.8, 4) is 0 Å². The van der Waals surface area contributed by atoms with Crippen molar-refractivity contribution in [2.45, 2.75) is 116 Å². The second kappa shape index (κ2) is 9.33. The number of fused-ring (bicyclic) bond motifs is 1. The predicted molar refractivity (Wildman–Crippen MR) is 97.1 cm³/mol. The fraction of sp³-hybridized carbons (Fsp3) is 1.00. The van der Waals surface area contributed by atoms with Gasteiger partial charge in [0.25, 0.3) is 0 Å².